The van der Waals surface area contributed by atoms with Gasteiger partial charge in [0.05, 0.1) is 30.2 Å². The fourth-order valence-electron chi connectivity index (χ4n) is 5.29. The number of hydrogen-bond donors (Lipinski definition) is 4. The molecule has 4 aromatic carbocycles. The molecule has 9 heteroatoms. The quantitative estimate of drug-likeness (QED) is 0.0636. The van der Waals surface area contributed by atoms with Crippen molar-refractivity contribution < 1.29 is 24.2 Å². The van der Waals surface area contributed by atoms with Crippen LogP contribution in [-0.2, 0) is 25.7 Å². The summed E-state index contributed by atoms with van der Waals surface area (Å²) in [5.41, 5.74) is 10.4. The van der Waals surface area contributed by atoms with Gasteiger partial charge in [0.15, 0.2) is 6.29 Å². The number of nitrogens with two attached hydrogens (primary N) is 1. The lowest BCUT2D eigenvalue weighted by atomic mass is 10.0. The number of para-hydroxylation sites is 2. The first-order valence-corrected chi connectivity index (χ1v) is 16.7. The maximum atomic E-state index is 12.7. The molecule has 0 aliphatic carbocycles. The van der Waals surface area contributed by atoms with Crippen LogP contribution in [0.1, 0.15) is 67.6 Å². The molecule has 0 radical (unpaired) electrons. The first-order chi connectivity index (χ1) is 22.5. The summed E-state index contributed by atoms with van der Waals surface area (Å²) in [6.07, 6.45) is 2.71. The molecular weight excluding hydrogens is 598 g/mol. The van der Waals surface area contributed by atoms with Crippen LogP contribution in [0.15, 0.2) is 108 Å². The highest BCUT2D eigenvalue weighted by molar-refractivity contribution is 7.99. The summed E-state index contributed by atoms with van der Waals surface area (Å²) < 4.78 is 13.0. The van der Waals surface area contributed by atoms with Crippen LogP contribution in [0.3, 0.4) is 0 Å². The molecule has 0 unspecified atom stereocenters. The van der Waals surface area contributed by atoms with Crippen molar-refractivity contribution in [1.29, 1.82) is 0 Å². The number of aliphatic hydroxyl groups excluding tert-OH is 1. The van der Waals surface area contributed by atoms with Crippen LogP contribution >= 0.6 is 11.8 Å². The predicted octanol–water partition coefficient (Wildman–Crippen LogP) is 7.63. The van der Waals surface area contributed by atoms with Gasteiger partial charge in [0, 0.05) is 41.2 Å². The van der Waals surface area contributed by atoms with E-state index in [2.05, 4.69) is 22.8 Å². The Morgan fingerprint density at radius 3 is 2.24 bits per heavy atom. The van der Waals surface area contributed by atoms with Gasteiger partial charge in [-0.3, -0.25) is 9.59 Å². The van der Waals surface area contributed by atoms with E-state index in [9.17, 15) is 14.7 Å². The molecule has 5 N–H and O–H groups in total. The number of amides is 2. The smallest absolute Gasteiger partial charge is 0.224 e. The van der Waals surface area contributed by atoms with Crippen molar-refractivity contribution >= 4 is 40.6 Å². The molecule has 0 aromatic heterocycles. The first kappa shape index (κ1) is 33.2. The van der Waals surface area contributed by atoms with Gasteiger partial charge in [-0.1, -0.05) is 73.2 Å². The molecule has 1 aliphatic rings. The largest absolute Gasteiger partial charge is 0.397 e. The maximum Gasteiger partial charge on any atom is 0.224 e. The van der Waals surface area contributed by atoms with Crippen molar-refractivity contribution in [2.75, 3.05) is 22.1 Å². The highest BCUT2D eigenvalue weighted by Gasteiger charge is 2.32. The standard InChI is InChI=1S/C37H41N3O5S/c38-32-14-7-8-15-33(32)40-36(43)17-6-2-5-16-35(42)39-29-11-9-10-28(22-29)37-44-30(25-46-31-12-3-1-4-13-31)23-34(45-37)27-20-18-26(24-41)19-21-27/h1,3-4,7-15,18-22,30,34,37,41H,2,5-6,16-17,23-25,38H2,(H,39,42)(H,40,43)/t30-,34+,37+/m1/s1. The van der Waals surface area contributed by atoms with Crippen molar-refractivity contribution in [3.8, 4) is 0 Å². The summed E-state index contributed by atoms with van der Waals surface area (Å²) in [6, 6.07) is 32.9. The Balaban J connectivity index is 1.14. The van der Waals surface area contributed by atoms with E-state index in [0.717, 1.165) is 28.9 Å². The summed E-state index contributed by atoms with van der Waals surface area (Å²) >= 11 is 1.75. The third kappa shape index (κ3) is 9.92. The molecule has 2 amide bonds. The zero-order chi connectivity index (χ0) is 32.1. The van der Waals surface area contributed by atoms with E-state index in [1.165, 1.54) is 4.90 Å². The number of thioether (sulfide) groups is 1. The van der Waals surface area contributed by atoms with Gasteiger partial charge in [0.2, 0.25) is 11.8 Å². The molecule has 1 saturated heterocycles. The lowest BCUT2D eigenvalue weighted by Crippen LogP contribution is -2.31. The van der Waals surface area contributed by atoms with Crippen LogP contribution in [0, 0.1) is 0 Å². The van der Waals surface area contributed by atoms with Crippen LogP contribution in [0.25, 0.3) is 0 Å². The minimum atomic E-state index is -0.605. The first-order valence-electron chi connectivity index (χ1n) is 15.7. The van der Waals surface area contributed by atoms with Gasteiger partial charge in [-0.05, 0) is 60.4 Å². The maximum absolute atomic E-state index is 12.7. The van der Waals surface area contributed by atoms with Crippen molar-refractivity contribution in [3.05, 3.63) is 120 Å². The molecule has 1 heterocycles. The van der Waals surface area contributed by atoms with E-state index in [4.69, 9.17) is 15.2 Å². The van der Waals surface area contributed by atoms with E-state index in [1.807, 2.05) is 78.9 Å². The number of anilines is 3. The van der Waals surface area contributed by atoms with Crippen LogP contribution < -0.4 is 16.4 Å². The van der Waals surface area contributed by atoms with E-state index in [0.29, 0.717) is 49.2 Å². The summed E-state index contributed by atoms with van der Waals surface area (Å²) in [5, 5.41) is 15.3. The van der Waals surface area contributed by atoms with Crippen LogP contribution in [0.5, 0.6) is 0 Å². The fraction of sp³-hybridized carbons (Fsp3) is 0.297. The van der Waals surface area contributed by atoms with Crippen LogP contribution in [0.2, 0.25) is 0 Å². The SMILES string of the molecule is Nc1ccccc1NC(=O)CCCCCC(=O)Nc1cccc([C@H]2O[C@@H](CSc3ccccc3)C[C@@H](c3ccc(CO)cc3)O2)c1. The number of unbranched alkanes of at least 4 members (excludes halogenated alkanes) is 2. The minimum absolute atomic E-state index is 0.00572. The highest BCUT2D eigenvalue weighted by atomic mass is 32.2. The third-order valence-electron chi connectivity index (χ3n) is 7.78. The van der Waals surface area contributed by atoms with Gasteiger partial charge in [-0.2, -0.15) is 0 Å². The Bertz CT molecular complexity index is 1570. The second-order valence-corrected chi connectivity index (χ2v) is 12.4. The summed E-state index contributed by atoms with van der Waals surface area (Å²) in [6.45, 7) is -0.00572. The Labute approximate surface area is 274 Å². The average Bonchev–Trinajstić information content (AvgIpc) is 3.08. The van der Waals surface area contributed by atoms with Gasteiger partial charge in [0.25, 0.3) is 0 Å². The average molecular weight is 640 g/mol. The molecule has 46 heavy (non-hydrogen) atoms. The number of nitrogen functional groups attached to an aromatic ring is 1. The molecule has 1 aliphatic heterocycles. The second kappa shape index (κ2) is 17.0. The lowest BCUT2D eigenvalue weighted by Gasteiger charge is -2.36. The number of nitrogens with one attached hydrogen (secondary N) is 2. The van der Waals surface area contributed by atoms with E-state index in [1.54, 1.807) is 23.9 Å². The zero-order valence-corrected chi connectivity index (χ0v) is 26.6. The zero-order valence-electron chi connectivity index (χ0n) is 25.8. The number of carbonyl (C=O) groups is 2. The minimum Gasteiger partial charge on any atom is -0.397 e. The second-order valence-electron chi connectivity index (χ2n) is 11.3. The van der Waals surface area contributed by atoms with Crippen LogP contribution in [0.4, 0.5) is 17.1 Å². The molecule has 0 saturated carbocycles. The monoisotopic (exact) mass is 639 g/mol. The highest BCUT2D eigenvalue weighted by Crippen LogP contribution is 2.40. The van der Waals surface area contributed by atoms with E-state index >= 15 is 0 Å². The topological polar surface area (TPSA) is 123 Å². The van der Waals surface area contributed by atoms with Gasteiger partial charge < -0.3 is 30.9 Å². The number of carbonyl (C=O) groups excluding carboxylic acids is 2. The Kier molecular flexibility index (Phi) is 12.2. The normalized spacial score (nSPS) is 17.7. The lowest BCUT2D eigenvalue weighted by molar-refractivity contribution is -0.245. The number of aliphatic hydroxyl groups is 1. The number of ether oxygens (including phenoxy) is 2. The van der Waals surface area contributed by atoms with Gasteiger partial charge in [-0.15, -0.1) is 11.8 Å². The molecule has 8 nitrogen and oxygen atoms in total. The number of hydrogen-bond acceptors (Lipinski definition) is 7. The fourth-order valence-corrected chi connectivity index (χ4v) is 6.23. The Hall–Kier alpha value is -4.15. The molecule has 3 atom stereocenters. The van der Waals surface area contributed by atoms with Gasteiger partial charge in [-0.25, -0.2) is 0 Å². The third-order valence-corrected chi connectivity index (χ3v) is 8.92. The molecule has 0 bridgehead atoms. The summed E-state index contributed by atoms with van der Waals surface area (Å²) in [7, 11) is 0. The van der Waals surface area contributed by atoms with Gasteiger partial charge >= 0.3 is 0 Å². The van der Waals surface area contributed by atoms with Crippen molar-refractivity contribution in [3.63, 3.8) is 0 Å². The summed E-state index contributed by atoms with van der Waals surface area (Å²) in [5.74, 6) is 0.604. The number of benzene rings is 4. The molecule has 1 fully saturated rings. The number of rotatable bonds is 14. The van der Waals surface area contributed by atoms with E-state index in [-0.39, 0.29) is 30.6 Å². The Morgan fingerprint density at radius 1 is 0.783 bits per heavy atom. The van der Waals surface area contributed by atoms with Crippen LogP contribution in [-0.4, -0.2) is 28.8 Å². The molecule has 5 rings (SSSR count). The van der Waals surface area contributed by atoms with Crippen molar-refractivity contribution in [1.82, 2.24) is 0 Å². The molecular formula is C37H41N3O5S. The molecule has 0 spiro atoms. The summed E-state index contributed by atoms with van der Waals surface area (Å²) in [4.78, 5) is 26.2. The predicted molar refractivity (Wildman–Crippen MR) is 183 cm³/mol. The van der Waals surface area contributed by atoms with Crippen molar-refractivity contribution in [2.24, 2.45) is 0 Å². The van der Waals surface area contributed by atoms with E-state index < -0.39 is 6.29 Å². The van der Waals surface area contributed by atoms with Gasteiger partial charge in [0.1, 0.15) is 0 Å². The molecule has 4 aromatic rings. The molecule has 240 valence electrons. The van der Waals surface area contributed by atoms with Crippen molar-refractivity contribution in [2.45, 2.75) is 68.5 Å². The Morgan fingerprint density at radius 2 is 1.50 bits per heavy atom.